The molecule has 2 N–H and O–H groups in total. The number of furan rings is 1. The number of benzene rings is 1. The van der Waals surface area contributed by atoms with E-state index in [1.807, 2.05) is 0 Å². The Balaban J connectivity index is 1.49. The number of nitrogens with one attached hydrogen (secondary N) is 2. The maximum atomic E-state index is 11.9. The van der Waals surface area contributed by atoms with Crippen LogP contribution in [-0.4, -0.2) is 29.0 Å². The van der Waals surface area contributed by atoms with Gasteiger partial charge in [0, 0.05) is 23.7 Å². The fourth-order valence-corrected chi connectivity index (χ4v) is 3.23. The number of amides is 2. The van der Waals surface area contributed by atoms with Crippen molar-refractivity contribution in [2.75, 3.05) is 0 Å². The molecule has 0 atom stereocenters. The van der Waals surface area contributed by atoms with Gasteiger partial charge in [0.15, 0.2) is 0 Å². The van der Waals surface area contributed by atoms with E-state index in [-0.39, 0.29) is 24.1 Å². The molecule has 2 amide bonds. The molecule has 0 bridgehead atoms. The lowest BCUT2D eigenvalue weighted by Crippen LogP contribution is -2.38. The van der Waals surface area contributed by atoms with Gasteiger partial charge in [0.05, 0.1) is 11.1 Å². The van der Waals surface area contributed by atoms with Crippen molar-refractivity contribution in [1.82, 2.24) is 10.7 Å². The number of hydrogen-bond acceptors (Lipinski definition) is 6. The Hall–Kier alpha value is -3.49. The molecule has 1 saturated carbocycles. The molecule has 9 nitrogen and oxygen atoms in total. The van der Waals surface area contributed by atoms with Gasteiger partial charge in [-0.2, -0.15) is 5.10 Å². The SMILES string of the molecule is O=C(CC(=O)NC1CCCCC1)N/N=C\c1ccc(-c2cccc([N+](=O)[O-])c2)o1. The maximum Gasteiger partial charge on any atom is 0.270 e. The Labute approximate surface area is 167 Å². The first-order valence-electron chi connectivity index (χ1n) is 9.47. The van der Waals surface area contributed by atoms with E-state index in [2.05, 4.69) is 15.8 Å². The van der Waals surface area contributed by atoms with Crippen LogP contribution in [0.1, 0.15) is 44.3 Å². The highest BCUT2D eigenvalue weighted by Crippen LogP contribution is 2.25. The molecule has 0 unspecified atom stereocenters. The van der Waals surface area contributed by atoms with Crippen molar-refractivity contribution in [2.24, 2.45) is 5.10 Å². The normalized spacial score (nSPS) is 14.6. The van der Waals surface area contributed by atoms with Crippen LogP contribution in [-0.2, 0) is 9.59 Å². The van der Waals surface area contributed by atoms with E-state index in [4.69, 9.17) is 4.42 Å². The number of hydrogen-bond donors (Lipinski definition) is 2. The van der Waals surface area contributed by atoms with Crippen LogP contribution in [0.4, 0.5) is 5.69 Å². The first-order chi connectivity index (χ1) is 14.0. The number of nitro groups is 1. The number of nitrogens with zero attached hydrogens (tertiary/aromatic N) is 2. The number of non-ortho nitro benzene ring substituents is 1. The van der Waals surface area contributed by atoms with Crippen molar-refractivity contribution in [3.05, 3.63) is 52.3 Å². The van der Waals surface area contributed by atoms with E-state index in [1.165, 1.54) is 24.8 Å². The van der Waals surface area contributed by atoms with Crippen molar-refractivity contribution in [3.63, 3.8) is 0 Å². The minimum atomic E-state index is -0.514. The lowest BCUT2D eigenvalue weighted by molar-refractivity contribution is -0.384. The van der Waals surface area contributed by atoms with Crippen molar-refractivity contribution < 1.29 is 18.9 Å². The fraction of sp³-hybridized carbons (Fsp3) is 0.350. The van der Waals surface area contributed by atoms with Gasteiger partial charge in [-0.15, -0.1) is 0 Å². The highest BCUT2D eigenvalue weighted by Gasteiger charge is 2.17. The van der Waals surface area contributed by atoms with Crippen LogP contribution in [0.15, 0.2) is 45.9 Å². The summed E-state index contributed by atoms with van der Waals surface area (Å²) in [6, 6.07) is 9.51. The molecule has 3 rings (SSSR count). The lowest BCUT2D eigenvalue weighted by Gasteiger charge is -2.22. The van der Waals surface area contributed by atoms with Gasteiger partial charge in [-0.25, -0.2) is 5.43 Å². The molecule has 1 aliphatic carbocycles. The summed E-state index contributed by atoms with van der Waals surface area (Å²) in [4.78, 5) is 34.1. The Morgan fingerprint density at radius 2 is 1.97 bits per heavy atom. The van der Waals surface area contributed by atoms with Crippen LogP contribution >= 0.6 is 0 Å². The molecule has 0 aliphatic heterocycles. The van der Waals surface area contributed by atoms with Gasteiger partial charge >= 0.3 is 0 Å². The molecule has 1 aromatic carbocycles. The zero-order valence-corrected chi connectivity index (χ0v) is 15.8. The van der Waals surface area contributed by atoms with Gasteiger partial charge in [-0.05, 0) is 25.0 Å². The van der Waals surface area contributed by atoms with Crippen molar-refractivity contribution in [2.45, 2.75) is 44.6 Å². The van der Waals surface area contributed by atoms with Crippen LogP contribution in [0.5, 0.6) is 0 Å². The van der Waals surface area contributed by atoms with Crippen molar-refractivity contribution >= 4 is 23.7 Å². The minimum Gasteiger partial charge on any atom is -0.455 e. The highest BCUT2D eigenvalue weighted by atomic mass is 16.6. The van der Waals surface area contributed by atoms with Gasteiger partial charge < -0.3 is 9.73 Å². The van der Waals surface area contributed by atoms with E-state index in [1.54, 1.807) is 24.3 Å². The largest absolute Gasteiger partial charge is 0.455 e. The summed E-state index contributed by atoms with van der Waals surface area (Å²) in [5, 5.41) is 17.5. The van der Waals surface area contributed by atoms with Gasteiger partial charge in [-0.3, -0.25) is 19.7 Å². The lowest BCUT2D eigenvalue weighted by atomic mass is 9.95. The molecule has 152 valence electrons. The topological polar surface area (TPSA) is 127 Å². The maximum absolute atomic E-state index is 11.9. The Morgan fingerprint density at radius 1 is 1.17 bits per heavy atom. The summed E-state index contributed by atoms with van der Waals surface area (Å²) in [6.07, 6.45) is 6.32. The minimum absolute atomic E-state index is 0.0344. The van der Waals surface area contributed by atoms with E-state index in [9.17, 15) is 19.7 Å². The summed E-state index contributed by atoms with van der Waals surface area (Å²) >= 11 is 0. The molecule has 2 aromatic rings. The number of carbonyl (C=O) groups is 2. The molecule has 9 heteroatoms. The average Bonchev–Trinajstić information content (AvgIpc) is 3.17. The van der Waals surface area contributed by atoms with E-state index >= 15 is 0 Å². The molecular formula is C20H22N4O5. The molecule has 0 saturated heterocycles. The van der Waals surface area contributed by atoms with Crippen molar-refractivity contribution in [3.8, 4) is 11.3 Å². The summed E-state index contributed by atoms with van der Waals surface area (Å²) in [5.74, 6) is -0.0256. The van der Waals surface area contributed by atoms with E-state index in [0.717, 1.165) is 25.7 Å². The molecule has 1 heterocycles. The Morgan fingerprint density at radius 3 is 2.72 bits per heavy atom. The van der Waals surface area contributed by atoms with Crippen LogP contribution in [0, 0.1) is 10.1 Å². The summed E-state index contributed by atoms with van der Waals surface area (Å²) < 4.78 is 5.57. The Kier molecular flexibility index (Phi) is 6.72. The second-order valence-electron chi connectivity index (χ2n) is 6.88. The third-order valence-electron chi connectivity index (χ3n) is 4.64. The second kappa shape index (κ2) is 9.63. The quantitative estimate of drug-likeness (QED) is 0.321. The standard InChI is InChI=1S/C20H22N4O5/c25-19(22-15-6-2-1-3-7-15)12-20(26)23-21-13-17-9-10-18(29-17)14-5-4-8-16(11-14)24(27)28/h4-5,8-11,13,15H,1-3,6-7,12H2,(H,22,25)(H,23,26)/b21-13-. The first kappa shape index (κ1) is 20.2. The summed E-state index contributed by atoms with van der Waals surface area (Å²) in [6.45, 7) is 0. The van der Waals surface area contributed by atoms with E-state index in [0.29, 0.717) is 17.1 Å². The van der Waals surface area contributed by atoms with E-state index < -0.39 is 10.8 Å². The van der Waals surface area contributed by atoms with Crippen LogP contribution in [0.3, 0.4) is 0 Å². The molecule has 29 heavy (non-hydrogen) atoms. The zero-order valence-electron chi connectivity index (χ0n) is 15.8. The predicted octanol–water partition coefficient (Wildman–Crippen LogP) is 3.14. The van der Waals surface area contributed by atoms with Crippen molar-refractivity contribution in [1.29, 1.82) is 0 Å². The molecule has 1 fully saturated rings. The fourth-order valence-electron chi connectivity index (χ4n) is 3.23. The summed E-state index contributed by atoms with van der Waals surface area (Å²) in [7, 11) is 0. The molecule has 1 aliphatic rings. The zero-order chi connectivity index (χ0) is 20.6. The predicted molar refractivity (Wildman–Crippen MR) is 106 cm³/mol. The first-order valence-corrected chi connectivity index (χ1v) is 9.47. The molecule has 0 spiro atoms. The number of nitro benzene ring substituents is 1. The van der Waals surface area contributed by atoms with Crippen LogP contribution < -0.4 is 10.7 Å². The van der Waals surface area contributed by atoms with Gasteiger partial charge in [-0.1, -0.05) is 31.4 Å². The third-order valence-corrected chi connectivity index (χ3v) is 4.64. The number of rotatable bonds is 7. The molecular weight excluding hydrogens is 376 g/mol. The third kappa shape index (κ3) is 6.00. The summed E-state index contributed by atoms with van der Waals surface area (Å²) in [5.41, 5.74) is 2.82. The van der Waals surface area contributed by atoms with Crippen LogP contribution in [0.2, 0.25) is 0 Å². The number of carbonyl (C=O) groups excluding carboxylic acids is 2. The highest BCUT2D eigenvalue weighted by molar-refractivity contribution is 5.97. The second-order valence-corrected chi connectivity index (χ2v) is 6.88. The average molecular weight is 398 g/mol. The van der Waals surface area contributed by atoms with Crippen LogP contribution in [0.25, 0.3) is 11.3 Å². The van der Waals surface area contributed by atoms with Gasteiger partial charge in [0.1, 0.15) is 17.9 Å². The smallest absolute Gasteiger partial charge is 0.270 e. The van der Waals surface area contributed by atoms with Gasteiger partial charge in [0.25, 0.3) is 5.69 Å². The molecule has 0 radical (unpaired) electrons. The van der Waals surface area contributed by atoms with Gasteiger partial charge in [0.2, 0.25) is 11.8 Å². The Bertz CT molecular complexity index is 915. The molecule has 1 aromatic heterocycles. The monoisotopic (exact) mass is 398 g/mol. The number of hydrazone groups is 1.